The number of rotatable bonds is 9. The highest BCUT2D eigenvalue weighted by Gasteiger charge is 2.33. The van der Waals surface area contributed by atoms with Gasteiger partial charge in [0.25, 0.3) is 6.43 Å². The van der Waals surface area contributed by atoms with Crippen molar-refractivity contribution < 1.29 is 39.8 Å². The van der Waals surface area contributed by atoms with E-state index in [1.54, 1.807) is 6.92 Å². The van der Waals surface area contributed by atoms with Gasteiger partial charge < -0.3 is 9.47 Å². The molecule has 0 amide bonds. The Bertz CT molecular complexity index is 1380. The molecule has 2 aromatic carbocycles. The molecule has 0 saturated carbocycles. The zero-order valence-corrected chi connectivity index (χ0v) is 19.8. The van der Waals surface area contributed by atoms with Crippen molar-refractivity contribution in [1.29, 1.82) is 0 Å². The van der Waals surface area contributed by atoms with Crippen molar-refractivity contribution in [3.8, 4) is 11.5 Å². The molecule has 0 aliphatic carbocycles. The fourth-order valence-electron chi connectivity index (χ4n) is 3.85. The molecule has 0 saturated heterocycles. The van der Waals surface area contributed by atoms with E-state index in [4.69, 9.17) is 9.47 Å². The third-order valence-corrected chi connectivity index (χ3v) is 6.18. The molecular weight excluding hydrogens is 499 g/mol. The summed E-state index contributed by atoms with van der Waals surface area (Å²) >= 11 is 0. The van der Waals surface area contributed by atoms with Crippen LogP contribution >= 0.6 is 0 Å². The highest BCUT2D eigenvalue weighted by atomic mass is 32.2. The second kappa shape index (κ2) is 9.88. The molecule has 0 unspecified atom stereocenters. The third kappa shape index (κ3) is 5.77. The van der Waals surface area contributed by atoms with Gasteiger partial charge in [-0.1, -0.05) is 6.07 Å². The van der Waals surface area contributed by atoms with E-state index in [1.807, 2.05) is 0 Å². The van der Waals surface area contributed by atoms with E-state index < -0.39 is 52.0 Å². The minimum atomic E-state index is -4.78. The van der Waals surface area contributed by atoms with Gasteiger partial charge in [0, 0.05) is 6.26 Å². The first-order chi connectivity index (χ1) is 16.3. The Morgan fingerprint density at radius 2 is 1.71 bits per heavy atom. The zero-order chi connectivity index (χ0) is 26.1. The van der Waals surface area contributed by atoms with Crippen molar-refractivity contribution >= 4 is 20.9 Å². The first kappa shape index (κ1) is 26.5. The van der Waals surface area contributed by atoms with E-state index in [9.17, 15) is 35.2 Å². The number of nitrogens with zero attached hydrogens (tertiary/aromatic N) is 2. The van der Waals surface area contributed by atoms with Crippen LogP contribution in [-0.2, 0) is 22.6 Å². The van der Waals surface area contributed by atoms with Gasteiger partial charge in [-0.3, -0.25) is 9.13 Å². The third-order valence-electron chi connectivity index (χ3n) is 5.26. The van der Waals surface area contributed by atoms with Gasteiger partial charge in [0.05, 0.1) is 48.7 Å². The summed E-state index contributed by atoms with van der Waals surface area (Å²) in [7, 11) is -2.37. The van der Waals surface area contributed by atoms with Gasteiger partial charge in [-0.15, -0.1) is 0 Å². The molecule has 0 aliphatic rings. The van der Waals surface area contributed by atoms with Crippen molar-refractivity contribution in [3.63, 3.8) is 0 Å². The van der Waals surface area contributed by atoms with Crippen LogP contribution in [0.15, 0.2) is 41.2 Å². The molecule has 3 aromatic rings. The standard InChI is InChI=1S/C22H23F5N2O5S/c1-4-34-19-9-13(5-8-18(19)33-2)17(12-35(3,31)32)29-15-7-6-14(22(25,26)27)10-16(15)28(21(29)30)11-20(23)24/h5-10,17,20H,4,11-12H2,1-3H3/t17-/m1/s1. The minimum absolute atomic E-state index is 0.119. The Kier molecular flexibility index (Phi) is 7.48. The molecular formula is C22H23F5N2O5S. The summed E-state index contributed by atoms with van der Waals surface area (Å²) in [6.07, 6.45) is -6.89. The van der Waals surface area contributed by atoms with E-state index >= 15 is 0 Å². The van der Waals surface area contributed by atoms with Crippen LogP contribution in [0.2, 0.25) is 0 Å². The molecule has 35 heavy (non-hydrogen) atoms. The van der Waals surface area contributed by atoms with Crippen LogP contribution in [-0.4, -0.2) is 49.7 Å². The molecule has 0 bridgehead atoms. The number of halogens is 5. The predicted octanol–water partition coefficient (Wildman–Crippen LogP) is 4.13. The van der Waals surface area contributed by atoms with Crippen LogP contribution in [0, 0.1) is 0 Å². The highest BCUT2D eigenvalue weighted by Crippen LogP contribution is 2.35. The summed E-state index contributed by atoms with van der Waals surface area (Å²) in [6.45, 7) is 0.785. The molecule has 0 fully saturated rings. The summed E-state index contributed by atoms with van der Waals surface area (Å²) in [5, 5.41) is 0. The Morgan fingerprint density at radius 1 is 1.03 bits per heavy atom. The van der Waals surface area contributed by atoms with Crippen LogP contribution in [0.4, 0.5) is 22.0 Å². The Balaban J connectivity index is 2.35. The monoisotopic (exact) mass is 522 g/mol. The number of fused-ring (bicyclic) bond motifs is 1. The molecule has 0 spiro atoms. The Labute approximate surface area is 197 Å². The van der Waals surface area contributed by atoms with Crippen molar-refractivity contribution in [1.82, 2.24) is 9.13 Å². The molecule has 7 nitrogen and oxygen atoms in total. The molecule has 13 heteroatoms. The van der Waals surface area contributed by atoms with E-state index in [0.717, 1.165) is 16.9 Å². The lowest BCUT2D eigenvalue weighted by Gasteiger charge is -2.20. The number of hydrogen-bond acceptors (Lipinski definition) is 5. The molecule has 1 atom stereocenters. The van der Waals surface area contributed by atoms with E-state index in [2.05, 4.69) is 0 Å². The predicted molar refractivity (Wildman–Crippen MR) is 119 cm³/mol. The fraction of sp³-hybridized carbons (Fsp3) is 0.409. The first-order valence-corrected chi connectivity index (χ1v) is 12.4. The number of alkyl halides is 5. The van der Waals surface area contributed by atoms with Crippen LogP contribution < -0.4 is 15.2 Å². The number of methoxy groups -OCH3 is 1. The molecule has 0 N–H and O–H groups in total. The van der Waals surface area contributed by atoms with E-state index in [0.29, 0.717) is 22.4 Å². The first-order valence-electron chi connectivity index (χ1n) is 10.4. The maximum absolute atomic E-state index is 13.3. The lowest BCUT2D eigenvalue weighted by Crippen LogP contribution is -2.32. The number of hydrogen-bond donors (Lipinski definition) is 0. The van der Waals surface area contributed by atoms with Crippen LogP contribution in [0.3, 0.4) is 0 Å². The summed E-state index contributed by atoms with van der Waals surface area (Å²) in [5.74, 6) is -0.0506. The number of aromatic nitrogens is 2. The summed E-state index contributed by atoms with van der Waals surface area (Å²) in [4.78, 5) is 13.3. The quantitative estimate of drug-likeness (QED) is 0.395. The van der Waals surface area contributed by atoms with Gasteiger partial charge >= 0.3 is 11.9 Å². The number of ether oxygens (including phenoxy) is 2. The van der Waals surface area contributed by atoms with Gasteiger partial charge in [-0.05, 0) is 42.8 Å². The van der Waals surface area contributed by atoms with Crippen molar-refractivity contribution in [2.45, 2.75) is 32.1 Å². The van der Waals surface area contributed by atoms with Gasteiger partial charge in [0.15, 0.2) is 11.5 Å². The topological polar surface area (TPSA) is 79.5 Å². The van der Waals surface area contributed by atoms with Crippen molar-refractivity contribution in [3.05, 3.63) is 58.0 Å². The molecule has 192 valence electrons. The minimum Gasteiger partial charge on any atom is -0.493 e. The Hall–Kier alpha value is -3.09. The van der Waals surface area contributed by atoms with Crippen LogP contribution in [0.1, 0.15) is 24.1 Å². The highest BCUT2D eigenvalue weighted by molar-refractivity contribution is 7.90. The number of imidazole rings is 1. The molecule has 0 aliphatic heterocycles. The molecule has 1 aromatic heterocycles. The average molecular weight is 522 g/mol. The fourth-order valence-corrected chi connectivity index (χ4v) is 4.76. The molecule has 0 radical (unpaired) electrons. The zero-order valence-electron chi connectivity index (χ0n) is 19.0. The summed E-state index contributed by atoms with van der Waals surface area (Å²) in [5.41, 5.74) is -2.44. The largest absolute Gasteiger partial charge is 0.493 e. The smallest absolute Gasteiger partial charge is 0.416 e. The molecule has 3 rings (SSSR count). The van der Waals surface area contributed by atoms with Gasteiger partial charge in [-0.2, -0.15) is 13.2 Å². The van der Waals surface area contributed by atoms with E-state index in [-0.39, 0.29) is 29.0 Å². The lowest BCUT2D eigenvalue weighted by atomic mass is 10.1. The lowest BCUT2D eigenvalue weighted by molar-refractivity contribution is -0.137. The average Bonchev–Trinajstić information content (AvgIpc) is 3.01. The van der Waals surface area contributed by atoms with Crippen molar-refractivity contribution in [2.24, 2.45) is 0 Å². The number of benzene rings is 2. The van der Waals surface area contributed by atoms with Gasteiger partial charge in [-0.25, -0.2) is 22.0 Å². The van der Waals surface area contributed by atoms with E-state index in [1.165, 1.54) is 25.3 Å². The maximum atomic E-state index is 13.3. The van der Waals surface area contributed by atoms with Crippen LogP contribution in [0.25, 0.3) is 11.0 Å². The normalized spacial score (nSPS) is 13.4. The second-order valence-corrected chi connectivity index (χ2v) is 9.99. The van der Waals surface area contributed by atoms with Crippen molar-refractivity contribution in [2.75, 3.05) is 25.7 Å². The van der Waals surface area contributed by atoms with Crippen LogP contribution in [0.5, 0.6) is 11.5 Å². The molecule has 1 heterocycles. The number of sulfone groups is 1. The second-order valence-electron chi connectivity index (χ2n) is 7.81. The summed E-state index contributed by atoms with van der Waals surface area (Å²) in [6, 6.07) is 5.45. The van der Waals surface area contributed by atoms with Gasteiger partial charge in [0.1, 0.15) is 9.84 Å². The summed E-state index contributed by atoms with van der Waals surface area (Å²) < 4.78 is 103. The Morgan fingerprint density at radius 3 is 2.26 bits per heavy atom. The van der Waals surface area contributed by atoms with Gasteiger partial charge in [0.2, 0.25) is 0 Å². The SMILES string of the molecule is CCOc1cc([C@@H](CS(C)(=O)=O)n2c(=O)n(CC(F)F)c3cc(C(F)(F)F)ccc32)ccc1OC. The maximum Gasteiger partial charge on any atom is 0.416 e.